The van der Waals surface area contributed by atoms with Crippen LogP contribution < -0.4 is 0 Å². The SMILES string of the molecule is c1cc(C(N2CCOCC2)N2CCOCC2)ccc1-c1cc(-c2ccc(C(N3CCOCC3)N3CCOCC3)cc2)cc(-c2ccc(C(N3CCOCC3)N3CCOCC3)cc2)c1. The van der Waals surface area contributed by atoms with E-state index in [9.17, 15) is 0 Å². The van der Waals surface area contributed by atoms with Crippen LogP contribution in [0, 0.1) is 0 Å². The molecule has 0 N–H and O–H groups in total. The Morgan fingerprint density at radius 1 is 0.238 bits per heavy atom. The summed E-state index contributed by atoms with van der Waals surface area (Å²) in [6, 6.07) is 35.3. The highest BCUT2D eigenvalue weighted by atomic mass is 16.5. The van der Waals surface area contributed by atoms with Crippen molar-refractivity contribution in [3.8, 4) is 33.4 Å². The second-order valence-electron chi connectivity index (χ2n) is 17.7. The maximum atomic E-state index is 5.78. The molecule has 336 valence electrons. The van der Waals surface area contributed by atoms with Crippen LogP contribution >= 0.6 is 0 Å². The van der Waals surface area contributed by atoms with Crippen molar-refractivity contribution in [1.29, 1.82) is 0 Å². The maximum absolute atomic E-state index is 5.78. The van der Waals surface area contributed by atoms with Crippen molar-refractivity contribution < 1.29 is 28.4 Å². The van der Waals surface area contributed by atoms with Gasteiger partial charge in [0.2, 0.25) is 0 Å². The molecule has 4 aromatic carbocycles. The largest absolute Gasteiger partial charge is 0.379 e. The van der Waals surface area contributed by atoms with Crippen LogP contribution in [0.1, 0.15) is 35.2 Å². The smallest absolute Gasteiger partial charge is 0.0889 e. The van der Waals surface area contributed by atoms with Crippen molar-refractivity contribution in [1.82, 2.24) is 29.4 Å². The molecule has 0 unspecified atom stereocenters. The van der Waals surface area contributed by atoms with Crippen LogP contribution in [-0.4, -0.2) is 187 Å². The van der Waals surface area contributed by atoms with Gasteiger partial charge in [0, 0.05) is 78.5 Å². The lowest BCUT2D eigenvalue weighted by Crippen LogP contribution is -2.50. The zero-order chi connectivity index (χ0) is 42.2. The Balaban J connectivity index is 0.990. The summed E-state index contributed by atoms with van der Waals surface area (Å²) in [5, 5.41) is 0. The van der Waals surface area contributed by atoms with Crippen LogP contribution in [0.4, 0.5) is 0 Å². The monoisotopic (exact) mass is 859 g/mol. The van der Waals surface area contributed by atoms with Crippen LogP contribution in [0.25, 0.3) is 33.4 Å². The molecule has 10 rings (SSSR count). The van der Waals surface area contributed by atoms with Crippen molar-refractivity contribution in [3.05, 3.63) is 108 Å². The van der Waals surface area contributed by atoms with Gasteiger partial charge in [0.05, 0.1) is 97.8 Å². The molecule has 0 aromatic heterocycles. The average Bonchev–Trinajstić information content (AvgIpc) is 3.37. The Hall–Kier alpha value is -3.60. The first-order valence-corrected chi connectivity index (χ1v) is 23.6. The Labute approximate surface area is 374 Å². The summed E-state index contributed by atoms with van der Waals surface area (Å²) >= 11 is 0. The van der Waals surface area contributed by atoms with Gasteiger partial charge in [-0.15, -0.1) is 0 Å². The summed E-state index contributed by atoms with van der Waals surface area (Å²) in [5.74, 6) is 0. The van der Waals surface area contributed by atoms with E-state index in [1.807, 2.05) is 0 Å². The molecule has 6 aliphatic heterocycles. The molecular weight excluding hydrogens is 793 g/mol. The number of ether oxygens (including phenoxy) is 6. The Morgan fingerprint density at radius 3 is 0.587 bits per heavy atom. The summed E-state index contributed by atoms with van der Waals surface area (Å²) in [6.07, 6.45) is 0.634. The number of benzene rings is 4. The lowest BCUT2D eigenvalue weighted by Gasteiger charge is -2.43. The van der Waals surface area contributed by atoms with Gasteiger partial charge >= 0.3 is 0 Å². The minimum Gasteiger partial charge on any atom is -0.379 e. The summed E-state index contributed by atoms with van der Waals surface area (Å²) in [4.78, 5) is 15.5. The lowest BCUT2D eigenvalue weighted by molar-refractivity contribution is -0.0676. The van der Waals surface area contributed by atoms with E-state index >= 15 is 0 Å². The van der Waals surface area contributed by atoms with Crippen molar-refractivity contribution in [3.63, 3.8) is 0 Å². The van der Waals surface area contributed by atoms with Gasteiger partial charge in [-0.2, -0.15) is 0 Å². The number of nitrogens with zero attached hydrogens (tertiary/aromatic N) is 6. The molecule has 0 saturated carbocycles. The van der Waals surface area contributed by atoms with Crippen LogP contribution in [0.15, 0.2) is 91.0 Å². The second-order valence-corrected chi connectivity index (χ2v) is 17.7. The van der Waals surface area contributed by atoms with E-state index in [0.29, 0.717) is 0 Å². The van der Waals surface area contributed by atoms with E-state index in [4.69, 9.17) is 28.4 Å². The minimum atomic E-state index is 0.211. The molecule has 6 heterocycles. The predicted octanol–water partition coefficient (Wildman–Crippen LogP) is 5.68. The highest BCUT2D eigenvalue weighted by molar-refractivity contribution is 5.81. The van der Waals surface area contributed by atoms with E-state index in [-0.39, 0.29) is 18.5 Å². The van der Waals surface area contributed by atoms with Gasteiger partial charge in [0.25, 0.3) is 0 Å². The van der Waals surface area contributed by atoms with Crippen LogP contribution in [0.2, 0.25) is 0 Å². The van der Waals surface area contributed by atoms with E-state index in [1.165, 1.54) is 50.1 Å². The van der Waals surface area contributed by atoms with Crippen LogP contribution in [-0.2, 0) is 28.4 Å². The molecule has 6 aliphatic rings. The standard InChI is InChI=1S/C51H66N6O6/c1-7-43(49(52-13-25-58-26-14-52)53-15-27-59-28-16-53)8-2-40(1)46-37-47(41-3-9-44(10-4-41)50(54-17-29-60-30-18-54)55-19-31-61-32-20-55)39-48(38-46)42-5-11-45(12-6-42)51(56-21-33-62-34-22-56)57-23-35-63-36-24-57/h1-12,37-39,49-51H,13-36H2. The zero-order valence-corrected chi connectivity index (χ0v) is 37.0. The molecule has 63 heavy (non-hydrogen) atoms. The molecule has 0 atom stereocenters. The molecule has 6 fully saturated rings. The van der Waals surface area contributed by atoms with Gasteiger partial charge in [0.1, 0.15) is 0 Å². The molecular formula is C51H66N6O6. The summed E-state index contributed by atoms with van der Waals surface area (Å²) in [6.45, 7) is 20.6. The van der Waals surface area contributed by atoms with E-state index in [0.717, 1.165) is 158 Å². The molecule has 0 radical (unpaired) electrons. The van der Waals surface area contributed by atoms with Gasteiger partial charge in [0.15, 0.2) is 0 Å². The Bertz CT molecular complexity index is 1720. The van der Waals surface area contributed by atoms with Crippen LogP contribution in [0.3, 0.4) is 0 Å². The van der Waals surface area contributed by atoms with E-state index in [2.05, 4.69) is 120 Å². The first-order valence-electron chi connectivity index (χ1n) is 23.6. The molecule has 0 spiro atoms. The molecule has 12 heteroatoms. The fraction of sp³-hybridized carbons (Fsp3) is 0.529. The molecule has 6 saturated heterocycles. The maximum Gasteiger partial charge on any atom is 0.0889 e. The normalized spacial score (nSPS) is 22.3. The van der Waals surface area contributed by atoms with Crippen molar-refractivity contribution in [2.45, 2.75) is 18.5 Å². The van der Waals surface area contributed by atoms with Gasteiger partial charge < -0.3 is 28.4 Å². The third kappa shape index (κ3) is 10.3. The van der Waals surface area contributed by atoms with Gasteiger partial charge in [-0.25, -0.2) is 0 Å². The fourth-order valence-electron chi connectivity index (χ4n) is 10.6. The van der Waals surface area contributed by atoms with Gasteiger partial charge in [-0.3, -0.25) is 29.4 Å². The quantitative estimate of drug-likeness (QED) is 0.176. The number of rotatable bonds is 12. The number of morpholine rings is 6. The third-order valence-electron chi connectivity index (χ3n) is 13.9. The zero-order valence-electron chi connectivity index (χ0n) is 37.0. The molecule has 4 aromatic rings. The predicted molar refractivity (Wildman–Crippen MR) is 245 cm³/mol. The molecule has 12 nitrogen and oxygen atoms in total. The Kier molecular flexibility index (Phi) is 14.5. The summed E-state index contributed by atoms with van der Waals surface area (Å²) < 4.78 is 34.7. The number of hydrogen-bond donors (Lipinski definition) is 0. The summed E-state index contributed by atoms with van der Waals surface area (Å²) in [5.41, 5.74) is 11.3. The lowest BCUT2D eigenvalue weighted by atomic mass is 9.92. The molecule has 0 amide bonds. The first kappa shape index (κ1) is 43.3. The topological polar surface area (TPSA) is 74.8 Å². The third-order valence-corrected chi connectivity index (χ3v) is 13.9. The van der Waals surface area contributed by atoms with Crippen molar-refractivity contribution in [2.24, 2.45) is 0 Å². The molecule has 0 bridgehead atoms. The molecule has 0 aliphatic carbocycles. The first-order chi connectivity index (χ1) is 31.2. The number of hydrogen-bond acceptors (Lipinski definition) is 12. The van der Waals surface area contributed by atoms with E-state index in [1.54, 1.807) is 0 Å². The highest BCUT2D eigenvalue weighted by Crippen LogP contribution is 2.37. The van der Waals surface area contributed by atoms with Crippen molar-refractivity contribution >= 4 is 0 Å². The van der Waals surface area contributed by atoms with Crippen LogP contribution in [0.5, 0.6) is 0 Å². The van der Waals surface area contributed by atoms with Gasteiger partial charge in [-0.1, -0.05) is 72.8 Å². The van der Waals surface area contributed by atoms with Gasteiger partial charge in [-0.05, 0) is 68.3 Å². The second kappa shape index (κ2) is 21.1. The minimum absolute atomic E-state index is 0.211. The highest BCUT2D eigenvalue weighted by Gasteiger charge is 2.32. The van der Waals surface area contributed by atoms with E-state index < -0.39 is 0 Å². The van der Waals surface area contributed by atoms with Crippen molar-refractivity contribution in [2.75, 3.05) is 158 Å². The average molecular weight is 859 g/mol. The summed E-state index contributed by atoms with van der Waals surface area (Å²) in [7, 11) is 0. The Morgan fingerprint density at radius 2 is 0.413 bits per heavy atom. The fourth-order valence-corrected chi connectivity index (χ4v) is 10.6.